The van der Waals surface area contributed by atoms with E-state index in [1.54, 1.807) is 12.1 Å². The van der Waals surface area contributed by atoms with Crippen LogP contribution in [-0.2, 0) is 0 Å². The number of Topliss-reactive ketones (excluding diaryl/α,β-unsaturated/α-hetero) is 1. The molecular formula is C15H17BrN2O2. The normalized spacial score (nSPS) is 21.4. The van der Waals surface area contributed by atoms with E-state index in [-0.39, 0.29) is 22.8 Å². The van der Waals surface area contributed by atoms with Crippen molar-refractivity contribution in [1.29, 1.82) is 0 Å². The lowest BCUT2D eigenvalue weighted by Gasteiger charge is -2.26. The van der Waals surface area contributed by atoms with Crippen molar-refractivity contribution in [2.75, 3.05) is 0 Å². The molecule has 0 radical (unpaired) electrons. The number of aromatic nitrogens is 2. The van der Waals surface area contributed by atoms with Crippen LogP contribution in [0.4, 0.5) is 0 Å². The van der Waals surface area contributed by atoms with Gasteiger partial charge in [0.1, 0.15) is 0 Å². The highest BCUT2D eigenvalue weighted by atomic mass is 79.9. The molecule has 5 heteroatoms. The van der Waals surface area contributed by atoms with Gasteiger partial charge in [0.2, 0.25) is 0 Å². The van der Waals surface area contributed by atoms with Gasteiger partial charge in [-0.25, -0.2) is 4.79 Å². The monoisotopic (exact) mass is 336 g/mol. The maximum Gasteiger partial charge on any atom is 0.323 e. The van der Waals surface area contributed by atoms with Gasteiger partial charge in [-0.2, -0.15) is 0 Å². The Balaban J connectivity index is 2.07. The van der Waals surface area contributed by atoms with Crippen LogP contribution in [0.3, 0.4) is 0 Å². The number of rotatable bonds is 2. The quantitative estimate of drug-likeness (QED) is 0.822. The summed E-state index contributed by atoms with van der Waals surface area (Å²) in [6.45, 7) is 4.32. The van der Waals surface area contributed by atoms with Crippen LogP contribution in [0.2, 0.25) is 0 Å². The fourth-order valence-corrected chi connectivity index (χ4v) is 3.78. The van der Waals surface area contributed by atoms with Gasteiger partial charge in [-0.05, 0) is 46.3 Å². The van der Waals surface area contributed by atoms with Crippen LogP contribution in [0.15, 0.2) is 21.4 Å². The molecule has 2 N–H and O–H groups in total. The Bertz CT molecular complexity index is 742. The van der Waals surface area contributed by atoms with Crippen LogP contribution in [0.1, 0.15) is 43.5 Å². The molecule has 106 valence electrons. The van der Waals surface area contributed by atoms with Crippen LogP contribution in [0.25, 0.3) is 11.0 Å². The van der Waals surface area contributed by atoms with Gasteiger partial charge < -0.3 is 9.97 Å². The average molecular weight is 337 g/mol. The van der Waals surface area contributed by atoms with Crippen molar-refractivity contribution in [2.45, 2.75) is 33.1 Å². The minimum absolute atomic E-state index is 0.0526. The molecule has 0 bridgehead atoms. The largest absolute Gasteiger partial charge is 0.323 e. The zero-order valence-corrected chi connectivity index (χ0v) is 13.1. The molecule has 1 aliphatic rings. The smallest absolute Gasteiger partial charge is 0.306 e. The highest BCUT2D eigenvalue weighted by Crippen LogP contribution is 2.44. The van der Waals surface area contributed by atoms with E-state index in [0.29, 0.717) is 16.6 Å². The van der Waals surface area contributed by atoms with E-state index in [4.69, 9.17) is 0 Å². The van der Waals surface area contributed by atoms with Gasteiger partial charge in [0.05, 0.1) is 11.0 Å². The first-order valence-corrected chi connectivity index (χ1v) is 7.63. The molecule has 1 heterocycles. The van der Waals surface area contributed by atoms with Crippen molar-refractivity contribution in [1.82, 2.24) is 9.97 Å². The lowest BCUT2D eigenvalue weighted by molar-refractivity contribution is 0.0838. The van der Waals surface area contributed by atoms with E-state index < -0.39 is 0 Å². The Morgan fingerprint density at radius 2 is 1.95 bits per heavy atom. The molecule has 4 nitrogen and oxygen atoms in total. The molecule has 0 saturated heterocycles. The zero-order chi connectivity index (χ0) is 14.5. The number of carbonyl (C=O) groups is 1. The van der Waals surface area contributed by atoms with Crippen molar-refractivity contribution in [2.24, 2.45) is 11.3 Å². The van der Waals surface area contributed by atoms with E-state index >= 15 is 0 Å². The fourth-order valence-electron chi connectivity index (χ4n) is 3.25. The second kappa shape index (κ2) is 4.58. The predicted octanol–water partition coefficient (Wildman–Crippen LogP) is 3.63. The maximum absolute atomic E-state index is 12.8. The summed E-state index contributed by atoms with van der Waals surface area (Å²) < 4.78 is 0.743. The van der Waals surface area contributed by atoms with Crippen molar-refractivity contribution in [3.63, 3.8) is 0 Å². The van der Waals surface area contributed by atoms with Crippen LogP contribution in [-0.4, -0.2) is 15.8 Å². The number of carbonyl (C=O) groups excluding carboxylic acids is 1. The molecule has 0 amide bonds. The first-order valence-electron chi connectivity index (χ1n) is 6.84. The Labute approximate surface area is 125 Å². The number of nitrogens with one attached hydrogen (secondary N) is 2. The number of benzene rings is 1. The van der Waals surface area contributed by atoms with E-state index in [2.05, 4.69) is 39.7 Å². The minimum Gasteiger partial charge on any atom is -0.306 e. The van der Waals surface area contributed by atoms with E-state index in [1.807, 2.05) is 0 Å². The van der Waals surface area contributed by atoms with Gasteiger partial charge in [-0.15, -0.1) is 0 Å². The van der Waals surface area contributed by atoms with Crippen molar-refractivity contribution in [3.05, 3.63) is 32.7 Å². The molecule has 1 aromatic carbocycles. The third-order valence-corrected chi connectivity index (χ3v) is 5.10. The molecule has 1 atom stereocenters. The van der Waals surface area contributed by atoms with Gasteiger partial charge in [-0.1, -0.05) is 20.3 Å². The topological polar surface area (TPSA) is 65.7 Å². The number of halogens is 1. The highest BCUT2D eigenvalue weighted by molar-refractivity contribution is 9.10. The first-order chi connectivity index (χ1) is 9.38. The summed E-state index contributed by atoms with van der Waals surface area (Å²) in [5.41, 5.74) is 1.85. The Morgan fingerprint density at radius 1 is 1.30 bits per heavy atom. The standard InChI is InChI=1S/C15H17BrN2O2/c1-15(2)5-3-4-9(15)13(19)8-6-11-12(7-10(8)16)18-14(20)17-11/h6-7,9H,3-5H2,1-2H3,(H2,17,18,20). The molecule has 1 saturated carbocycles. The van der Waals surface area contributed by atoms with Crippen molar-refractivity contribution < 1.29 is 4.79 Å². The summed E-state index contributed by atoms with van der Waals surface area (Å²) in [6, 6.07) is 3.57. The molecule has 1 fully saturated rings. The maximum atomic E-state index is 12.8. The molecule has 1 aliphatic carbocycles. The number of fused-ring (bicyclic) bond motifs is 1. The third kappa shape index (κ3) is 2.14. The second-order valence-electron chi connectivity index (χ2n) is 6.25. The molecule has 2 aromatic rings. The molecular weight excluding hydrogens is 320 g/mol. The van der Waals surface area contributed by atoms with Gasteiger partial charge in [0.15, 0.2) is 5.78 Å². The summed E-state index contributed by atoms with van der Waals surface area (Å²) >= 11 is 3.46. The van der Waals surface area contributed by atoms with E-state index in [9.17, 15) is 9.59 Å². The van der Waals surface area contributed by atoms with Crippen molar-refractivity contribution >= 4 is 32.7 Å². The lowest BCUT2D eigenvalue weighted by Crippen LogP contribution is -2.26. The third-order valence-electron chi connectivity index (χ3n) is 4.44. The Morgan fingerprint density at radius 3 is 2.55 bits per heavy atom. The number of ketones is 1. The van der Waals surface area contributed by atoms with E-state index in [1.165, 1.54) is 0 Å². The summed E-state index contributed by atoms with van der Waals surface area (Å²) in [5.74, 6) is 0.227. The number of H-pyrrole nitrogens is 2. The average Bonchev–Trinajstić information content (AvgIpc) is 2.88. The lowest BCUT2D eigenvalue weighted by atomic mass is 9.77. The molecule has 1 aromatic heterocycles. The second-order valence-corrected chi connectivity index (χ2v) is 7.11. The molecule has 20 heavy (non-hydrogen) atoms. The summed E-state index contributed by atoms with van der Waals surface area (Å²) in [7, 11) is 0. The van der Waals surface area contributed by atoms with Crippen LogP contribution in [0.5, 0.6) is 0 Å². The van der Waals surface area contributed by atoms with Gasteiger partial charge >= 0.3 is 5.69 Å². The number of imidazole rings is 1. The minimum atomic E-state index is -0.252. The predicted molar refractivity (Wildman–Crippen MR) is 82.1 cm³/mol. The number of hydrogen-bond acceptors (Lipinski definition) is 2. The zero-order valence-electron chi connectivity index (χ0n) is 11.5. The van der Waals surface area contributed by atoms with Crippen LogP contribution >= 0.6 is 15.9 Å². The van der Waals surface area contributed by atoms with Crippen molar-refractivity contribution in [3.8, 4) is 0 Å². The van der Waals surface area contributed by atoms with Crippen LogP contribution < -0.4 is 5.69 Å². The molecule has 0 aliphatic heterocycles. The fraction of sp³-hybridized carbons (Fsp3) is 0.467. The molecule has 0 spiro atoms. The van der Waals surface area contributed by atoms with Gasteiger partial charge in [0, 0.05) is 16.0 Å². The van der Waals surface area contributed by atoms with Crippen LogP contribution in [0, 0.1) is 11.3 Å². The molecule has 3 rings (SSSR count). The summed E-state index contributed by atoms with van der Waals surface area (Å²) in [5, 5.41) is 0. The number of aromatic amines is 2. The highest BCUT2D eigenvalue weighted by Gasteiger charge is 2.40. The van der Waals surface area contributed by atoms with Gasteiger partial charge in [0.25, 0.3) is 0 Å². The Kier molecular flexibility index (Phi) is 3.12. The summed E-state index contributed by atoms with van der Waals surface area (Å²) in [6.07, 6.45) is 3.13. The summed E-state index contributed by atoms with van der Waals surface area (Å²) in [4.78, 5) is 29.5. The SMILES string of the molecule is CC1(C)CCCC1C(=O)c1cc2[nH]c(=O)[nH]c2cc1Br. The van der Waals surface area contributed by atoms with E-state index in [0.717, 1.165) is 23.7 Å². The van der Waals surface area contributed by atoms with Gasteiger partial charge in [-0.3, -0.25) is 4.79 Å². The Hall–Kier alpha value is -1.36. The first kappa shape index (κ1) is 13.6. The number of hydrogen-bond donors (Lipinski definition) is 2. The molecule has 1 unspecified atom stereocenters.